The molecule has 19 nitrogen and oxygen atoms in total. The molecular weight excluding hydrogens is 905 g/mol. The highest BCUT2D eigenvalue weighted by molar-refractivity contribution is 5.94. The fraction of sp³-hybridized carbons (Fsp3) is 0.569. The number of carbonyl (C=O) groups excluding carboxylic acids is 8. The third-order valence-electron chi connectivity index (χ3n) is 11.2. The normalized spacial score (nSPS) is 14.7. The van der Waals surface area contributed by atoms with Crippen molar-refractivity contribution in [1.29, 1.82) is 0 Å². The molecule has 5 atom stereocenters. The quantitative estimate of drug-likeness (QED) is 0.0247. The predicted molar refractivity (Wildman–Crippen MR) is 259 cm³/mol. The maximum Gasteiger partial charge on any atom is 0.408 e. The highest BCUT2D eigenvalue weighted by atomic mass is 16.6. The number of rotatable bonds is 29. The van der Waals surface area contributed by atoms with Crippen LogP contribution in [0.5, 0.6) is 0 Å². The summed E-state index contributed by atoms with van der Waals surface area (Å²) in [5.41, 5.74) is 0.719. The van der Waals surface area contributed by atoms with Gasteiger partial charge in [-0.3, -0.25) is 28.8 Å². The lowest BCUT2D eigenvalue weighted by molar-refractivity contribution is -0.145. The van der Waals surface area contributed by atoms with Crippen molar-refractivity contribution in [2.24, 2.45) is 5.92 Å². The Hall–Kier alpha value is -6.50. The molecule has 1 saturated carbocycles. The maximum absolute atomic E-state index is 14.5. The first-order valence-electron chi connectivity index (χ1n) is 24.3. The van der Waals surface area contributed by atoms with Gasteiger partial charge >= 0.3 is 24.1 Å². The van der Waals surface area contributed by atoms with E-state index in [4.69, 9.17) is 18.9 Å². The lowest BCUT2D eigenvalue weighted by atomic mass is 9.83. The molecule has 0 saturated heterocycles. The summed E-state index contributed by atoms with van der Waals surface area (Å²) in [4.78, 5) is 106. The Bertz CT molecular complexity index is 1970. The van der Waals surface area contributed by atoms with Crippen molar-refractivity contribution in [3.05, 3.63) is 84.4 Å². The summed E-state index contributed by atoms with van der Waals surface area (Å²) in [6.07, 6.45) is 3.10. The Kier molecular flexibility index (Phi) is 26.1. The van der Waals surface area contributed by atoms with Gasteiger partial charge in [-0.25, -0.2) is 9.59 Å². The smallest absolute Gasteiger partial charge is 0.408 e. The maximum atomic E-state index is 14.5. The first-order chi connectivity index (χ1) is 33.5. The molecule has 7 N–H and O–H groups in total. The van der Waals surface area contributed by atoms with Crippen molar-refractivity contribution in [3.63, 3.8) is 0 Å². The molecule has 0 radical (unpaired) electrons. The van der Waals surface area contributed by atoms with E-state index in [1.807, 2.05) is 60.7 Å². The molecule has 2 unspecified atom stereocenters. The molecule has 0 spiro atoms. The number of hydrogen-bond acceptors (Lipinski definition) is 13. The van der Waals surface area contributed by atoms with Gasteiger partial charge in [0.15, 0.2) is 6.10 Å². The van der Waals surface area contributed by atoms with E-state index < -0.39 is 90.2 Å². The van der Waals surface area contributed by atoms with E-state index in [0.717, 1.165) is 30.4 Å². The first-order valence-corrected chi connectivity index (χ1v) is 24.3. The van der Waals surface area contributed by atoms with Gasteiger partial charge in [-0.2, -0.15) is 0 Å². The Morgan fingerprint density at radius 1 is 0.671 bits per heavy atom. The van der Waals surface area contributed by atoms with Crippen molar-refractivity contribution < 1.29 is 62.4 Å². The lowest BCUT2D eigenvalue weighted by Gasteiger charge is -2.33. The van der Waals surface area contributed by atoms with E-state index in [2.05, 4.69) is 38.5 Å². The molecule has 0 heterocycles. The molecule has 2 aromatic carbocycles. The largest absolute Gasteiger partial charge is 0.461 e. The van der Waals surface area contributed by atoms with Crippen molar-refractivity contribution in [2.75, 3.05) is 19.7 Å². The summed E-state index contributed by atoms with van der Waals surface area (Å²) in [6.45, 7) is 9.97. The summed E-state index contributed by atoms with van der Waals surface area (Å²) in [6, 6.07) is 13.5. The number of benzene rings is 2. The van der Waals surface area contributed by atoms with E-state index >= 15 is 0 Å². The van der Waals surface area contributed by atoms with Gasteiger partial charge in [0.05, 0.1) is 6.04 Å². The van der Waals surface area contributed by atoms with Gasteiger partial charge in [0.2, 0.25) is 17.7 Å². The van der Waals surface area contributed by atoms with Gasteiger partial charge in [-0.15, -0.1) is 0 Å². The average Bonchev–Trinajstić information content (AvgIpc) is 3.34. The van der Waals surface area contributed by atoms with E-state index in [0.29, 0.717) is 32.1 Å². The summed E-state index contributed by atoms with van der Waals surface area (Å²) in [5, 5.41) is 27.1. The van der Waals surface area contributed by atoms with Crippen LogP contribution >= 0.6 is 0 Å². The molecule has 70 heavy (non-hydrogen) atoms. The van der Waals surface area contributed by atoms with E-state index in [9.17, 15) is 43.5 Å². The predicted octanol–water partition coefficient (Wildman–Crippen LogP) is 4.93. The summed E-state index contributed by atoms with van der Waals surface area (Å²) in [7, 11) is 0. The van der Waals surface area contributed by atoms with Crippen LogP contribution in [0.25, 0.3) is 0 Å². The van der Waals surface area contributed by atoms with Gasteiger partial charge in [-0.1, -0.05) is 106 Å². The Labute approximate surface area is 411 Å². The number of hydrogen-bond donors (Lipinski definition) is 7. The molecule has 3 rings (SSSR count). The standard InChI is InChI=1S/C51H74N6O13/c1-6-20-38(44(60)48(64)53-32-42(59)67-31-7-2)54-45(61)39(27-17-18-30-52-49(65)69-34-36-23-13-9-14-24-36)55-47(63)43(37-25-15-10-16-26-37)57-46(62)40(56-50(66)70-51(3,4)5)28-19-29-41(58)68-33-35-21-11-8-12-22-35/h7-9,11-14,21-24,37-40,43-44,60H,2,6,10,15-20,25-34H2,1,3-5H3,(H,52,65)(H,53,64)(H,54,61)(H,55,63)(H,56,66)(H,57,62)/t38?,39-,40-,43-,44?/m0/s1. The van der Waals surface area contributed by atoms with Crippen molar-refractivity contribution in [2.45, 2.75) is 160 Å². The van der Waals surface area contributed by atoms with Crippen molar-refractivity contribution >= 4 is 47.8 Å². The molecule has 0 aromatic heterocycles. The fourth-order valence-electron chi connectivity index (χ4n) is 7.62. The summed E-state index contributed by atoms with van der Waals surface area (Å²) < 4.78 is 21.0. The highest BCUT2D eigenvalue weighted by Crippen LogP contribution is 2.27. The van der Waals surface area contributed by atoms with Crippen LogP contribution in [-0.2, 0) is 60.9 Å². The number of esters is 2. The Balaban J connectivity index is 1.81. The second kappa shape index (κ2) is 31.6. The number of aliphatic hydroxyl groups is 1. The Morgan fingerprint density at radius 3 is 1.89 bits per heavy atom. The second-order valence-electron chi connectivity index (χ2n) is 18.2. The summed E-state index contributed by atoms with van der Waals surface area (Å²) in [5.74, 6) is -4.64. The van der Waals surface area contributed by atoms with Gasteiger partial charge < -0.3 is 56.0 Å². The van der Waals surface area contributed by atoms with Crippen molar-refractivity contribution in [1.82, 2.24) is 31.9 Å². The monoisotopic (exact) mass is 979 g/mol. The molecule has 0 bridgehead atoms. The first kappa shape index (κ1) is 57.8. The summed E-state index contributed by atoms with van der Waals surface area (Å²) >= 11 is 0. The topological polar surface area (TPSA) is 266 Å². The van der Waals surface area contributed by atoms with Crippen LogP contribution in [0.15, 0.2) is 73.3 Å². The van der Waals surface area contributed by atoms with Crippen molar-refractivity contribution in [3.8, 4) is 0 Å². The number of ether oxygens (including phenoxy) is 4. The van der Waals surface area contributed by atoms with Crippen LogP contribution in [0.2, 0.25) is 0 Å². The van der Waals surface area contributed by atoms with Gasteiger partial charge in [0, 0.05) is 13.0 Å². The zero-order valence-corrected chi connectivity index (χ0v) is 41.1. The zero-order chi connectivity index (χ0) is 51.3. The minimum Gasteiger partial charge on any atom is -0.461 e. The number of aliphatic hydroxyl groups excluding tert-OH is 1. The second-order valence-corrected chi connectivity index (χ2v) is 18.2. The highest BCUT2D eigenvalue weighted by Gasteiger charge is 2.37. The third kappa shape index (κ3) is 23.2. The van der Waals surface area contributed by atoms with Crippen LogP contribution in [0, 0.1) is 5.92 Å². The van der Waals surface area contributed by atoms with Crippen LogP contribution in [0.3, 0.4) is 0 Å². The third-order valence-corrected chi connectivity index (χ3v) is 11.2. The number of carbonyl (C=O) groups is 8. The fourth-order valence-corrected chi connectivity index (χ4v) is 7.62. The molecule has 386 valence electrons. The minimum atomic E-state index is -1.78. The van der Waals surface area contributed by atoms with Crippen LogP contribution in [-0.4, -0.2) is 108 Å². The molecule has 0 aliphatic heterocycles. The van der Waals surface area contributed by atoms with Crippen LogP contribution in [0.4, 0.5) is 9.59 Å². The number of unbranched alkanes of at least 4 members (excludes halogenated alkanes) is 1. The molecular formula is C51H74N6O13. The molecule has 1 aliphatic carbocycles. The number of amides is 6. The average molecular weight is 979 g/mol. The van der Waals surface area contributed by atoms with E-state index in [-0.39, 0.29) is 64.4 Å². The minimum absolute atomic E-state index is 0.00584. The SMILES string of the molecule is C=CCOC(=O)CNC(=O)C(O)C(CCC)NC(=O)[C@H](CCCCNC(=O)OCc1ccccc1)NC(=O)[C@@H](NC(=O)[C@H](CCCC(=O)OCc1ccccc1)NC(=O)OC(C)(C)C)C1CCCCC1. The number of alkyl carbamates (subject to hydrolysis) is 2. The molecule has 19 heteroatoms. The zero-order valence-electron chi connectivity index (χ0n) is 41.1. The van der Waals surface area contributed by atoms with Crippen LogP contribution < -0.4 is 31.9 Å². The van der Waals surface area contributed by atoms with Gasteiger partial charge in [0.25, 0.3) is 5.91 Å². The Morgan fingerprint density at radius 2 is 1.27 bits per heavy atom. The van der Waals surface area contributed by atoms with Gasteiger partial charge in [0.1, 0.15) is 50.1 Å². The molecule has 1 aliphatic rings. The lowest BCUT2D eigenvalue weighted by Crippen LogP contribution is -2.60. The van der Waals surface area contributed by atoms with Crippen LogP contribution in [0.1, 0.15) is 122 Å². The molecule has 1 fully saturated rings. The molecule has 6 amide bonds. The number of nitrogens with one attached hydrogen (secondary N) is 6. The van der Waals surface area contributed by atoms with E-state index in [1.165, 1.54) is 6.08 Å². The van der Waals surface area contributed by atoms with E-state index in [1.54, 1.807) is 27.7 Å². The molecule has 2 aromatic rings. The van der Waals surface area contributed by atoms with Gasteiger partial charge in [-0.05, 0) is 89.2 Å².